The molecule has 21 heavy (non-hydrogen) atoms. The Kier molecular flexibility index (Phi) is 3.91. The minimum atomic E-state index is 0.175. The number of hydrogen-bond donors (Lipinski definition) is 1. The van der Waals surface area contributed by atoms with Crippen molar-refractivity contribution in [1.29, 1.82) is 0 Å². The van der Waals surface area contributed by atoms with Gasteiger partial charge in [0.2, 0.25) is 0 Å². The Bertz CT molecular complexity index is 634. The monoisotopic (exact) mass is 280 g/mol. The Morgan fingerprint density at radius 1 is 1.05 bits per heavy atom. The van der Waals surface area contributed by atoms with Gasteiger partial charge in [-0.1, -0.05) is 30.3 Å². The smallest absolute Gasteiger partial charge is 0.254 e. The van der Waals surface area contributed by atoms with E-state index in [1.807, 2.05) is 35.2 Å². The van der Waals surface area contributed by atoms with Crippen molar-refractivity contribution in [2.24, 2.45) is 0 Å². The Labute approximate surface area is 125 Å². The number of benzene rings is 2. The largest absolute Gasteiger partial charge is 0.399 e. The molecule has 3 rings (SSSR count). The predicted octanol–water partition coefficient (Wildman–Crippen LogP) is 2.90. The average Bonchev–Trinajstić information content (AvgIpc) is 2.52. The lowest BCUT2D eigenvalue weighted by Gasteiger charge is -2.28. The predicted molar refractivity (Wildman–Crippen MR) is 85.2 cm³/mol. The van der Waals surface area contributed by atoms with Crippen molar-refractivity contribution in [1.82, 2.24) is 4.90 Å². The molecule has 2 N–H and O–H groups in total. The number of carbonyl (C=O) groups is 1. The molecule has 0 aliphatic carbocycles. The highest BCUT2D eigenvalue weighted by atomic mass is 16.2. The van der Waals surface area contributed by atoms with Gasteiger partial charge in [-0.2, -0.15) is 0 Å². The first-order chi connectivity index (χ1) is 10.2. The minimum absolute atomic E-state index is 0.175. The van der Waals surface area contributed by atoms with E-state index in [1.54, 1.807) is 0 Å². The molecular weight excluding hydrogens is 260 g/mol. The molecule has 1 heterocycles. The molecule has 3 heteroatoms. The lowest BCUT2D eigenvalue weighted by atomic mass is 9.99. The van der Waals surface area contributed by atoms with E-state index in [4.69, 9.17) is 5.73 Å². The maximum absolute atomic E-state index is 12.4. The molecule has 0 fully saturated rings. The second-order valence-electron chi connectivity index (χ2n) is 5.54. The molecule has 2 aromatic rings. The van der Waals surface area contributed by atoms with Crippen molar-refractivity contribution in [3.05, 3.63) is 65.2 Å². The first-order valence-electron chi connectivity index (χ1n) is 7.45. The van der Waals surface area contributed by atoms with E-state index < -0.39 is 0 Å². The SMILES string of the molecule is Nc1ccc(CCCN2CCc3ccccc3C2=O)cc1. The molecule has 1 aliphatic rings. The number of anilines is 1. The van der Waals surface area contributed by atoms with Gasteiger partial charge in [0.15, 0.2) is 0 Å². The first kappa shape index (κ1) is 13.7. The number of carbonyl (C=O) groups excluding carboxylic acids is 1. The van der Waals surface area contributed by atoms with E-state index in [2.05, 4.69) is 18.2 Å². The zero-order chi connectivity index (χ0) is 14.7. The Balaban J connectivity index is 1.57. The average molecular weight is 280 g/mol. The van der Waals surface area contributed by atoms with Gasteiger partial charge < -0.3 is 10.6 Å². The van der Waals surface area contributed by atoms with Gasteiger partial charge in [0, 0.05) is 24.3 Å². The highest BCUT2D eigenvalue weighted by Crippen LogP contribution is 2.19. The van der Waals surface area contributed by atoms with Crippen LogP contribution in [0, 0.1) is 0 Å². The fourth-order valence-electron chi connectivity index (χ4n) is 2.85. The van der Waals surface area contributed by atoms with Gasteiger partial charge in [-0.3, -0.25) is 4.79 Å². The molecule has 0 saturated heterocycles. The van der Waals surface area contributed by atoms with E-state index >= 15 is 0 Å². The summed E-state index contributed by atoms with van der Waals surface area (Å²) in [6.07, 6.45) is 2.92. The molecule has 0 aromatic heterocycles. The fourth-order valence-corrected chi connectivity index (χ4v) is 2.85. The first-order valence-corrected chi connectivity index (χ1v) is 7.45. The van der Waals surface area contributed by atoms with Gasteiger partial charge in [-0.05, 0) is 48.6 Å². The van der Waals surface area contributed by atoms with Crippen molar-refractivity contribution in [3.63, 3.8) is 0 Å². The molecule has 1 aliphatic heterocycles. The summed E-state index contributed by atoms with van der Waals surface area (Å²) in [5, 5.41) is 0. The van der Waals surface area contributed by atoms with Crippen molar-refractivity contribution in [2.45, 2.75) is 19.3 Å². The van der Waals surface area contributed by atoms with Gasteiger partial charge in [0.05, 0.1) is 0 Å². The molecule has 0 saturated carbocycles. The lowest BCUT2D eigenvalue weighted by molar-refractivity contribution is 0.0738. The van der Waals surface area contributed by atoms with E-state index in [1.165, 1.54) is 11.1 Å². The van der Waals surface area contributed by atoms with E-state index in [-0.39, 0.29) is 5.91 Å². The fraction of sp³-hybridized carbons (Fsp3) is 0.278. The van der Waals surface area contributed by atoms with Crippen LogP contribution in [-0.2, 0) is 12.8 Å². The summed E-state index contributed by atoms with van der Waals surface area (Å²) in [4.78, 5) is 14.4. The summed E-state index contributed by atoms with van der Waals surface area (Å²) in [5.74, 6) is 0.175. The van der Waals surface area contributed by atoms with Crippen LogP contribution in [0.15, 0.2) is 48.5 Å². The Hall–Kier alpha value is -2.29. The number of nitrogen functional groups attached to an aromatic ring is 1. The Morgan fingerprint density at radius 2 is 1.81 bits per heavy atom. The van der Waals surface area contributed by atoms with Gasteiger partial charge in [0.1, 0.15) is 0 Å². The van der Waals surface area contributed by atoms with E-state index in [0.29, 0.717) is 0 Å². The van der Waals surface area contributed by atoms with Gasteiger partial charge >= 0.3 is 0 Å². The quantitative estimate of drug-likeness (QED) is 0.875. The van der Waals surface area contributed by atoms with Crippen LogP contribution in [0.5, 0.6) is 0 Å². The summed E-state index contributed by atoms with van der Waals surface area (Å²) < 4.78 is 0. The second kappa shape index (κ2) is 6.00. The minimum Gasteiger partial charge on any atom is -0.399 e. The zero-order valence-corrected chi connectivity index (χ0v) is 12.1. The molecule has 0 atom stereocenters. The number of fused-ring (bicyclic) bond motifs is 1. The van der Waals surface area contributed by atoms with Crippen molar-refractivity contribution in [3.8, 4) is 0 Å². The standard InChI is InChI=1S/C18H20N2O/c19-16-9-7-14(8-10-16)4-3-12-20-13-11-15-5-1-2-6-17(15)18(20)21/h1-2,5-10H,3-4,11-13,19H2. The van der Waals surface area contributed by atoms with Crippen LogP contribution < -0.4 is 5.73 Å². The third kappa shape index (κ3) is 3.07. The molecule has 2 aromatic carbocycles. The van der Waals surface area contributed by atoms with Gasteiger partial charge in [-0.15, -0.1) is 0 Å². The molecule has 1 amide bonds. The van der Waals surface area contributed by atoms with Gasteiger partial charge in [0.25, 0.3) is 5.91 Å². The molecule has 0 unspecified atom stereocenters. The summed E-state index contributed by atoms with van der Waals surface area (Å²) in [6.45, 7) is 1.65. The van der Waals surface area contributed by atoms with E-state index in [0.717, 1.165) is 43.6 Å². The molecular formula is C18H20N2O. The maximum atomic E-state index is 12.4. The highest BCUT2D eigenvalue weighted by molar-refractivity contribution is 5.96. The molecule has 0 bridgehead atoms. The van der Waals surface area contributed by atoms with Crippen molar-refractivity contribution in [2.75, 3.05) is 18.8 Å². The summed E-state index contributed by atoms with van der Waals surface area (Å²) in [7, 11) is 0. The lowest BCUT2D eigenvalue weighted by Crippen LogP contribution is -2.38. The molecule has 0 radical (unpaired) electrons. The second-order valence-corrected chi connectivity index (χ2v) is 5.54. The van der Waals surface area contributed by atoms with Crippen LogP contribution in [0.3, 0.4) is 0 Å². The van der Waals surface area contributed by atoms with E-state index in [9.17, 15) is 4.79 Å². The van der Waals surface area contributed by atoms with Crippen LogP contribution >= 0.6 is 0 Å². The molecule has 3 nitrogen and oxygen atoms in total. The highest BCUT2D eigenvalue weighted by Gasteiger charge is 2.22. The summed E-state index contributed by atoms with van der Waals surface area (Å²) in [6, 6.07) is 15.9. The zero-order valence-electron chi connectivity index (χ0n) is 12.1. The third-order valence-electron chi connectivity index (χ3n) is 4.06. The molecule has 108 valence electrons. The van der Waals surface area contributed by atoms with Crippen LogP contribution in [0.2, 0.25) is 0 Å². The van der Waals surface area contributed by atoms with Crippen molar-refractivity contribution < 1.29 is 4.79 Å². The van der Waals surface area contributed by atoms with Crippen LogP contribution in [0.1, 0.15) is 27.9 Å². The topological polar surface area (TPSA) is 46.3 Å². The number of nitrogens with two attached hydrogens (primary N) is 1. The van der Waals surface area contributed by atoms with Crippen molar-refractivity contribution >= 4 is 11.6 Å². The number of amides is 1. The van der Waals surface area contributed by atoms with Crippen LogP contribution in [0.25, 0.3) is 0 Å². The maximum Gasteiger partial charge on any atom is 0.254 e. The number of rotatable bonds is 4. The Morgan fingerprint density at radius 3 is 2.62 bits per heavy atom. The molecule has 0 spiro atoms. The van der Waals surface area contributed by atoms with Gasteiger partial charge in [-0.25, -0.2) is 0 Å². The summed E-state index contributed by atoms with van der Waals surface area (Å²) in [5.41, 5.74) is 9.80. The van der Waals surface area contributed by atoms with Crippen LogP contribution in [0.4, 0.5) is 5.69 Å². The van der Waals surface area contributed by atoms with Crippen LogP contribution in [-0.4, -0.2) is 23.9 Å². The summed E-state index contributed by atoms with van der Waals surface area (Å²) >= 11 is 0. The number of aryl methyl sites for hydroxylation is 1. The number of nitrogens with zero attached hydrogens (tertiary/aromatic N) is 1. The third-order valence-corrected chi connectivity index (χ3v) is 4.06. The normalized spacial score (nSPS) is 14.1. The number of hydrogen-bond acceptors (Lipinski definition) is 2.